The summed E-state index contributed by atoms with van der Waals surface area (Å²) in [6.45, 7) is 0. The van der Waals surface area contributed by atoms with Gasteiger partial charge in [0.05, 0.1) is 39.6 Å². The number of rotatable bonds is 3. The van der Waals surface area contributed by atoms with E-state index in [-0.39, 0.29) is 0 Å². The highest BCUT2D eigenvalue weighted by Gasteiger charge is 2.15. The van der Waals surface area contributed by atoms with Crippen molar-refractivity contribution in [3.05, 3.63) is 120 Å². The van der Waals surface area contributed by atoms with E-state index < -0.39 is 0 Å². The van der Waals surface area contributed by atoms with Crippen molar-refractivity contribution in [2.75, 3.05) is 0 Å². The van der Waals surface area contributed by atoms with Gasteiger partial charge in [0.2, 0.25) is 0 Å². The van der Waals surface area contributed by atoms with Crippen LogP contribution in [0.15, 0.2) is 109 Å². The molecule has 0 unspecified atom stereocenters. The SMILES string of the molecule is N#Cc1ccc(-c2ccc(-c3ccccc3-n3c4ccccc4c4cc(C#N)ccc43)cc2)nc1. The normalized spacial score (nSPS) is 10.8. The summed E-state index contributed by atoms with van der Waals surface area (Å²) in [5, 5.41) is 20.6. The van der Waals surface area contributed by atoms with Gasteiger partial charge < -0.3 is 4.57 Å². The Bertz CT molecular complexity index is 1800. The summed E-state index contributed by atoms with van der Waals surface area (Å²) in [7, 11) is 0. The second kappa shape index (κ2) is 8.30. The van der Waals surface area contributed by atoms with E-state index in [0.717, 1.165) is 49.9 Å². The van der Waals surface area contributed by atoms with Gasteiger partial charge in [-0.15, -0.1) is 0 Å². The maximum absolute atomic E-state index is 9.44. The van der Waals surface area contributed by atoms with Crippen molar-refractivity contribution in [2.45, 2.75) is 0 Å². The van der Waals surface area contributed by atoms with Crippen LogP contribution in [0.3, 0.4) is 0 Å². The molecule has 2 heterocycles. The molecule has 0 atom stereocenters. The summed E-state index contributed by atoms with van der Waals surface area (Å²) in [5.74, 6) is 0. The average molecular weight is 447 g/mol. The molecule has 0 saturated heterocycles. The molecule has 0 bridgehead atoms. The zero-order valence-electron chi connectivity index (χ0n) is 18.7. The van der Waals surface area contributed by atoms with Crippen LogP contribution in [0, 0.1) is 22.7 Å². The minimum absolute atomic E-state index is 0.548. The van der Waals surface area contributed by atoms with E-state index in [1.165, 1.54) is 0 Å². The highest BCUT2D eigenvalue weighted by molar-refractivity contribution is 6.10. The third-order valence-corrected chi connectivity index (χ3v) is 6.33. The lowest BCUT2D eigenvalue weighted by Crippen LogP contribution is -1.97. The maximum Gasteiger partial charge on any atom is 0.101 e. The lowest BCUT2D eigenvalue weighted by Gasteiger charge is -2.14. The average Bonchev–Trinajstić information content (AvgIpc) is 3.26. The summed E-state index contributed by atoms with van der Waals surface area (Å²) in [4.78, 5) is 4.41. The number of hydrogen-bond donors (Lipinski definition) is 0. The fourth-order valence-corrected chi connectivity index (χ4v) is 4.67. The zero-order valence-corrected chi connectivity index (χ0v) is 18.7. The van der Waals surface area contributed by atoms with Crippen LogP contribution in [0.5, 0.6) is 0 Å². The van der Waals surface area contributed by atoms with Crippen LogP contribution < -0.4 is 0 Å². The summed E-state index contributed by atoms with van der Waals surface area (Å²) in [5.41, 5.74) is 8.48. The maximum atomic E-state index is 9.44. The van der Waals surface area contributed by atoms with Gasteiger partial charge in [0, 0.05) is 28.1 Å². The predicted molar refractivity (Wildman–Crippen MR) is 139 cm³/mol. The number of benzene rings is 4. The van der Waals surface area contributed by atoms with Gasteiger partial charge in [0.1, 0.15) is 6.07 Å². The molecule has 35 heavy (non-hydrogen) atoms. The summed E-state index contributed by atoms with van der Waals surface area (Å²) < 4.78 is 2.28. The molecule has 0 amide bonds. The first-order chi connectivity index (χ1) is 17.3. The monoisotopic (exact) mass is 446 g/mol. The molecule has 0 saturated carbocycles. The molecule has 0 aliphatic heterocycles. The largest absolute Gasteiger partial charge is 0.309 e. The van der Waals surface area contributed by atoms with Gasteiger partial charge in [-0.1, -0.05) is 60.7 Å². The van der Waals surface area contributed by atoms with Gasteiger partial charge in [0.15, 0.2) is 0 Å². The second-order valence-corrected chi connectivity index (χ2v) is 8.33. The highest BCUT2D eigenvalue weighted by atomic mass is 15.0. The van der Waals surface area contributed by atoms with Crippen LogP contribution in [0.1, 0.15) is 11.1 Å². The van der Waals surface area contributed by atoms with E-state index in [1.54, 1.807) is 12.3 Å². The molecule has 6 rings (SSSR count). The van der Waals surface area contributed by atoms with Crippen molar-refractivity contribution in [1.29, 1.82) is 10.5 Å². The predicted octanol–water partition coefficient (Wildman–Crippen LogP) is 7.26. The van der Waals surface area contributed by atoms with Gasteiger partial charge in [-0.25, -0.2) is 0 Å². The topological polar surface area (TPSA) is 65.4 Å². The Morgan fingerprint density at radius 1 is 0.600 bits per heavy atom. The van der Waals surface area contributed by atoms with Gasteiger partial charge in [-0.05, 0) is 48.0 Å². The van der Waals surface area contributed by atoms with Crippen LogP contribution in [-0.4, -0.2) is 9.55 Å². The Hall–Kier alpha value is -5.19. The molecule has 0 aliphatic carbocycles. The van der Waals surface area contributed by atoms with Gasteiger partial charge in [0.25, 0.3) is 0 Å². The molecule has 4 aromatic carbocycles. The Morgan fingerprint density at radius 2 is 1.29 bits per heavy atom. The van der Waals surface area contributed by atoms with E-state index in [4.69, 9.17) is 5.26 Å². The minimum atomic E-state index is 0.548. The first-order valence-electron chi connectivity index (χ1n) is 11.3. The number of para-hydroxylation sites is 2. The Morgan fingerprint density at radius 3 is 2.06 bits per heavy atom. The van der Waals surface area contributed by atoms with E-state index in [1.807, 2.05) is 36.4 Å². The fourth-order valence-electron chi connectivity index (χ4n) is 4.67. The summed E-state index contributed by atoms with van der Waals surface area (Å²) >= 11 is 0. The van der Waals surface area contributed by atoms with E-state index >= 15 is 0 Å². The van der Waals surface area contributed by atoms with Crippen molar-refractivity contribution in [2.24, 2.45) is 0 Å². The molecular formula is C31H18N4. The number of nitrogens with zero attached hydrogens (tertiary/aromatic N) is 4. The molecule has 4 heteroatoms. The first-order valence-corrected chi connectivity index (χ1v) is 11.3. The quantitative estimate of drug-likeness (QED) is 0.287. The van der Waals surface area contributed by atoms with Crippen LogP contribution in [0.2, 0.25) is 0 Å². The molecule has 0 radical (unpaired) electrons. The minimum Gasteiger partial charge on any atom is -0.309 e. The van der Waals surface area contributed by atoms with Crippen molar-refractivity contribution >= 4 is 21.8 Å². The van der Waals surface area contributed by atoms with Crippen molar-refractivity contribution in [3.8, 4) is 40.2 Å². The Labute approximate surface area is 202 Å². The first kappa shape index (κ1) is 20.4. The molecule has 0 fully saturated rings. The lowest BCUT2D eigenvalue weighted by atomic mass is 10.0. The molecule has 162 valence electrons. The highest BCUT2D eigenvalue weighted by Crippen LogP contribution is 2.36. The van der Waals surface area contributed by atoms with Crippen LogP contribution in [0.25, 0.3) is 49.9 Å². The van der Waals surface area contributed by atoms with E-state index in [0.29, 0.717) is 11.1 Å². The summed E-state index contributed by atoms with van der Waals surface area (Å²) in [6, 6.07) is 38.9. The fraction of sp³-hybridized carbons (Fsp3) is 0. The van der Waals surface area contributed by atoms with Gasteiger partial charge >= 0.3 is 0 Å². The van der Waals surface area contributed by atoms with Crippen LogP contribution in [-0.2, 0) is 0 Å². The molecule has 4 nitrogen and oxygen atoms in total. The van der Waals surface area contributed by atoms with Gasteiger partial charge in [-0.3, -0.25) is 4.98 Å². The molecular weight excluding hydrogens is 428 g/mol. The molecule has 2 aromatic heterocycles. The number of fused-ring (bicyclic) bond motifs is 3. The molecule has 0 spiro atoms. The second-order valence-electron chi connectivity index (χ2n) is 8.33. The number of aromatic nitrogens is 2. The third kappa shape index (κ3) is 3.42. The van der Waals surface area contributed by atoms with E-state index in [2.05, 4.69) is 82.4 Å². The Kier molecular flexibility index (Phi) is 4.84. The molecule has 6 aromatic rings. The Balaban J connectivity index is 1.51. The van der Waals surface area contributed by atoms with Crippen molar-refractivity contribution in [3.63, 3.8) is 0 Å². The summed E-state index contributed by atoms with van der Waals surface area (Å²) in [6.07, 6.45) is 1.60. The molecule has 0 N–H and O–H groups in total. The molecule has 0 aliphatic rings. The van der Waals surface area contributed by atoms with E-state index in [9.17, 15) is 5.26 Å². The van der Waals surface area contributed by atoms with Gasteiger partial charge in [-0.2, -0.15) is 10.5 Å². The number of nitriles is 2. The zero-order chi connectivity index (χ0) is 23.8. The third-order valence-electron chi connectivity index (χ3n) is 6.33. The van der Waals surface area contributed by atoms with Crippen molar-refractivity contribution < 1.29 is 0 Å². The standard InChI is InChI=1S/C31H18N4/c32-18-21-10-16-31-27(17-21)26-6-2-4-8-30(26)35(31)29-7-3-1-5-25(29)23-11-13-24(14-12-23)28-15-9-22(19-33)20-34-28/h1-17,20H. The smallest absolute Gasteiger partial charge is 0.101 e. The van der Waals surface area contributed by atoms with Crippen LogP contribution in [0.4, 0.5) is 0 Å². The number of hydrogen-bond acceptors (Lipinski definition) is 3. The van der Waals surface area contributed by atoms with Crippen LogP contribution >= 0.6 is 0 Å². The lowest BCUT2D eigenvalue weighted by molar-refractivity contribution is 1.18. The van der Waals surface area contributed by atoms with Crippen molar-refractivity contribution in [1.82, 2.24) is 9.55 Å². The number of pyridine rings is 1.